The summed E-state index contributed by atoms with van der Waals surface area (Å²) in [6.07, 6.45) is 0. The molecule has 0 aromatic heterocycles. The second-order valence-electron chi connectivity index (χ2n) is 3.97. The van der Waals surface area contributed by atoms with Gasteiger partial charge in [0.25, 0.3) is 9.05 Å². The van der Waals surface area contributed by atoms with Gasteiger partial charge >= 0.3 is 0 Å². The molecule has 0 aliphatic carbocycles. The van der Waals surface area contributed by atoms with E-state index in [1.807, 2.05) is 0 Å². The number of phenols is 2. The number of ketones is 1. The van der Waals surface area contributed by atoms with Gasteiger partial charge < -0.3 is 10.2 Å². The van der Waals surface area contributed by atoms with E-state index in [9.17, 15) is 23.4 Å². The topological polar surface area (TPSA) is 91.7 Å². The van der Waals surface area contributed by atoms with Crippen LogP contribution in [0.25, 0.3) is 0 Å². The number of hydrogen-bond donors (Lipinski definition) is 2. The number of benzene rings is 2. The molecule has 7 heteroatoms. The van der Waals surface area contributed by atoms with Crippen molar-refractivity contribution in [2.45, 2.75) is 4.90 Å². The maximum Gasteiger partial charge on any atom is 0.265 e. The van der Waals surface area contributed by atoms with E-state index in [0.29, 0.717) is 0 Å². The van der Waals surface area contributed by atoms with Crippen molar-refractivity contribution in [1.82, 2.24) is 0 Å². The van der Waals surface area contributed by atoms with Crippen molar-refractivity contribution in [2.24, 2.45) is 0 Å². The average molecular weight is 313 g/mol. The number of hydrogen-bond acceptors (Lipinski definition) is 5. The van der Waals surface area contributed by atoms with E-state index in [4.69, 9.17) is 10.7 Å². The summed E-state index contributed by atoms with van der Waals surface area (Å²) in [5.74, 6) is -1.83. The Labute approximate surface area is 119 Å². The lowest BCUT2D eigenvalue weighted by atomic mass is 10.0. The van der Waals surface area contributed by atoms with Crippen LogP contribution >= 0.6 is 10.7 Å². The summed E-state index contributed by atoms with van der Waals surface area (Å²) in [5, 5.41) is 19.2. The number of halogens is 1. The summed E-state index contributed by atoms with van der Waals surface area (Å²) < 4.78 is 22.6. The third kappa shape index (κ3) is 2.76. The predicted octanol–water partition coefficient (Wildman–Crippen LogP) is 2.26. The van der Waals surface area contributed by atoms with E-state index < -0.39 is 31.2 Å². The van der Waals surface area contributed by atoms with Crippen LogP contribution in [0.5, 0.6) is 11.5 Å². The molecule has 104 valence electrons. The van der Waals surface area contributed by atoms with Gasteiger partial charge in [0.2, 0.25) is 0 Å². The Morgan fingerprint density at radius 1 is 1.00 bits per heavy atom. The lowest BCUT2D eigenvalue weighted by molar-refractivity contribution is 0.103. The monoisotopic (exact) mass is 312 g/mol. The van der Waals surface area contributed by atoms with E-state index in [1.165, 1.54) is 12.1 Å². The van der Waals surface area contributed by atoms with E-state index in [0.717, 1.165) is 12.1 Å². The SMILES string of the molecule is O=C(c1ccccc1)c1cc(S(=O)(=O)Cl)c(O)cc1O. The summed E-state index contributed by atoms with van der Waals surface area (Å²) in [7, 11) is 0.929. The minimum absolute atomic E-state index is 0.256. The Hall–Kier alpha value is -2.05. The number of carbonyl (C=O) groups is 1. The van der Waals surface area contributed by atoms with Crippen molar-refractivity contribution < 1.29 is 23.4 Å². The number of carbonyl (C=O) groups excluding carboxylic acids is 1. The highest BCUT2D eigenvalue weighted by Crippen LogP contribution is 2.33. The van der Waals surface area contributed by atoms with E-state index in [2.05, 4.69) is 0 Å². The van der Waals surface area contributed by atoms with Gasteiger partial charge in [-0.3, -0.25) is 4.79 Å². The van der Waals surface area contributed by atoms with Gasteiger partial charge in [-0.1, -0.05) is 30.3 Å². The van der Waals surface area contributed by atoms with Crippen LogP contribution in [-0.2, 0) is 9.05 Å². The van der Waals surface area contributed by atoms with Gasteiger partial charge in [0, 0.05) is 22.3 Å². The Kier molecular flexibility index (Phi) is 3.69. The minimum Gasteiger partial charge on any atom is -0.507 e. The third-order valence-electron chi connectivity index (χ3n) is 2.62. The molecule has 0 spiro atoms. The first-order valence-electron chi connectivity index (χ1n) is 5.41. The number of aromatic hydroxyl groups is 2. The zero-order valence-corrected chi connectivity index (χ0v) is 11.5. The lowest BCUT2D eigenvalue weighted by Gasteiger charge is -2.07. The molecule has 0 saturated heterocycles. The standard InChI is InChI=1S/C13H9ClO5S/c14-20(18,19)12-6-9(10(15)7-11(12)16)13(17)8-4-2-1-3-5-8/h1-7,15-16H. The molecule has 0 radical (unpaired) electrons. The fourth-order valence-corrected chi connectivity index (χ4v) is 2.62. The summed E-state index contributed by atoms with van der Waals surface area (Å²) in [5.41, 5.74) is 0.0136. The van der Waals surface area contributed by atoms with Crippen LogP contribution in [0.2, 0.25) is 0 Å². The molecular formula is C13H9ClO5S. The molecule has 0 bridgehead atoms. The smallest absolute Gasteiger partial charge is 0.265 e. The maximum absolute atomic E-state index is 12.2. The zero-order valence-electron chi connectivity index (χ0n) is 9.95. The van der Waals surface area contributed by atoms with Crippen molar-refractivity contribution in [3.05, 3.63) is 53.6 Å². The summed E-state index contributed by atoms with van der Waals surface area (Å²) >= 11 is 0. The molecule has 2 aromatic carbocycles. The molecule has 0 saturated carbocycles. The average Bonchev–Trinajstić information content (AvgIpc) is 2.37. The normalized spacial score (nSPS) is 11.2. The predicted molar refractivity (Wildman–Crippen MR) is 72.7 cm³/mol. The second-order valence-corrected chi connectivity index (χ2v) is 6.50. The number of rotatable bonds is 3. The highest BCUT2D eigenvalue weighted by atomic mass is 35.7. The minimum atomic E-state index is -4.23. The fourth-order valence-electron chi connectivity index (χ4n) is 1.68. The summed E-state index contributed by atoms with van der Waals surface area (Å²) in [6.45, 7) is 0. The molecule has 0 atom stereocenters. The van der Waals surface area contributed by atoms with Gasteiger partial charge in [-0.2, -0.15) is 0 Å². The van der Waals surface area contributed by atoms with Gasteiger partial charge in [-0.15, -0.1) is 0 Å². The molecule has 0 fully saturated rings. The molecule has 2 aromatic rings. The first-order chi connectivity index (χ1) is 9.30. The summed E-state index contributed by atoms with van der Waals surface area (Å²) in [4.78, 5) is 11.5. The molecule has 0 aliphatic heterocycles. The van der Waals surface area contributed by atoms with Gasteiger partial charge in [0.15, 0.2) is 5.78 Å². The van der Waals surface area contributed by atoms with Crippen LogP contribution in [0.15, 0.2) is 47.4 Å². The third-order valence-corrected chi connectivity index (χ3v) is 3.97. The molecule has 20 heavy (non-hydrogen) atoms. The van der Waals surface area contributed by atoms with Crippen LogP contribution in [0.3, 0.4) is 0 Å². The van der Waals surface area contributed by atoms with Crippen LogP contribution in [-0.4, -0.2) is 24.4 Å². The van der Waals surface area contributed by atoms with Crippen molar-refractivity contribution in [3.8, 4) is 11.5 Å². The van der Waals surface area contributed by atoms with Gasteiger partial charge in [-0.25, -0.2) is 8.42 Å². The molecule has 0 aliphatic rings. The quantitative estimate of drug-likeness (QED) is 0.670. The highest BCUT2D eigenvalue weighted by molar-refractivity contribution is 8.13. The van der Waals surface area contributed by atoms with E-state index in [-0.39, 0.29) is 11.1 Å². The highest BCUT2D eigenvalue weighted by Gasteiger charge is 2.22. The summed E-state index contributed by atoms with van der Waals surface area (Å²) in [6, 6.07) is 9.62. The van der Waals surface area contributed by atoms with Crippen molar-refractivity contribution >= 4 is 25.5 Å². The van der Waals surface area contributed by atoms with E-state index in [1.54, 1.807) is 18.2 Å². The molecule has 2 N–H and O–H groups in total. The Bertz CT molecular complexity index is 769. The molecular weight excluding hydrogens is 304 g/mol. The lowest BCUT2D eigenvalue weighted by Crippen LogP contribution is -2.03. The Balaban J connectivity index is 2.61. The first kappa shape index (κ1) is 14.4. The maximum atomic E-state index is 12.2. The Morgan fingerprint density at radius 3 is 2.15 bits per heavy atom. The second kappa shape index (κ2) is 5.15. The van der Waals surface area contributed by atoms with Gasteiger partial charge in [0.1, 0.15) is 16.4 Å². The van der Waals surface area contributed by atoms with Gasteiger partial charge in [0.05, 0.1) is 5.56 Å². The molecule has 5 nitrogen and oxygen atoms in total. The first-order valence-corrected chi connectivity index (χ1v) is 7.72. The van der Waals surface area contributed by atoms with Crippen LogP contribution < -0.4 is 0 Å². The number of phenolic OH excluding ortho intramolecular Hbond substituents is 2. The molecule has 0 heterocycles. The zero-order chi connectivity index (χ0) is 14.9. The molecule has 0 unspecified atom stereocenters. The Morgan fingerprint density at radius 2 is 1.60 bits per heavy atom. The molecule has 2 rings (SSSR count). The van der Waals surface area contributed by atoms with Crippen molar-refractivity contribution in [1.29, 1.82) is 0 Å². The fraction of sp³-hybridized carbons (Fsp3) is 0. The van der Waals surface area contributed by atoms with Crippen LogP contribution in [0.4, 0.5) is 0 Å². The van der Waals surface area contributed by atoms with Crippen molar-refractivity contribution in [2.75, 3.05) is 0 Å². The van der Waals surface area contributed by atoms with Crippen LogP contribution in [0.1, 0.15) is 15.9 Å². The largest absolute Gasteiger partial charge is 0.507 e. The van der Waals surface area contributed by atoms with Crippen LogP contribution in [0, 0.1) is 0 Å². The van der Waals surface area contributed by atoms with Gasteiger partial charge in [-0.05, 0) is 6.07 Å². The van der Waals surface area contributed by atoms with E-state index >= 15 is 0 Å². The molecule has 0 amide bonds. The van der Waals surface area contributed by atoms with Crippen molar-refractivity contribution in [3.63, 3.8) is 0 Å².